The van der Waals surface area contributed by atoms with Crippen molar-refractivity contribution in [2.45, 2.75) is 32.2 Å². The van der Waals surface area contributed by atoms with E-state index < -0.39 is 5.97 Å². The Balaban J connectivity index is 1.78. The number of rotatable bonds is 6. The molecule has 1 fully saturated rings. The van der Waals surface area contributed by atoms with Crippen LogP contribution in [0.15, 0.2) is 11.7 Å². The second-order valence-corrected chi connectivity index (χ2v) is 6.21. The number of hydrogen-bond acceptors (Lipinski definition) is 7. The Morgan fingerprint density at radius 1 is 1.54 bits per heavy atom. The van der Waals surface area contributed by atoms with Crippen LogP contribution in [0.2, 0.25) is 0 Å². The van der Waals surface area contributed by atoms with Crippen LogP contribution in [0, 0.1) is 11.3 Å². The van der Waals surface area contributed by atoms with Gasteiger partial charge < -0.3 is 10.1 Å². The molecule has 0 spiro atoms. The number of nitrogens with zero attached hydrogens (tertiary/aromatic N) is 4. The summed E-state index contributed by atoms with van der Waals surface area (Å²) in [5, 5.41) is 21.2. The highest BCUT2D eigenvalue weighted by Crippen LogP contribution is 2.46. The first-order chi connectivity index (χ1) is 11.6. The Labute approximate surface area is 142 Å². The minimum absolute atomic E-state index is 0.0561. The number of thiophene rings is 1. The molecule has 1 saturated carbocycles. The van der Waals surface area contributed by atoms with E-state index in [-0.39, 0.29) is 24.9 Å². The molecule has 1 aliphatic rings. The van der Waals surface area contributed by atoms with Crippen LogP contribution in [0.25, 0.3) is 0 Å². The van der Waals surface area contributed by atoms with E-state index in [2.05, 4.69) is 15.5 Å². The number of nitriles is 1. The van der Waals surface area contributed by atoms with Gasteiger partial charge in [-0.1, -0.05) is 0 Å². The van der Waals surface area contributed by atoms with Crippen LogP contribution < -0.4 is 5.32 Å². The number of ether oxygens (including phenoxy) is 1. The Morgan fingerprint density at radius 3 is 3.00 bits per heavy atom. The average molecular weight is 345 g/mol. The maximum Gasteiger partial charge on any atom is 0.341 e. The van der Waals surface area contributed by atoms with E-state index in [0.29, 0.717) is 16.5 Å². The van der Waals surface area contributed by atoms with E-state index in [0.717, 1.165) is 18.4 Å². The zero-order valence-corrected chi connectivity index (χ0v) is 13.8. The summed E-state index contributed by atoms with van der Waals surface area (Å²) in [6, 6.07) is 1.86. The van der Waals surface area contributed by atoms with E-state index in [1.54, 1.807) is 6.92 Å². The number of anilines is 1. The van der Waals surface area contributed by atoms with Crippen molar-refractivity contribution < 1.29 is 14.3 Å². The van der Waals surface area contributed by atoms with Crippen molar-refractivity contribution in [3.8, 4) is 6.07 Å². The van der Waals surface area contributed by atoms with Crippen molar-refractivity contribution in [3.63, 3.8) is 0 Å². The number of carbonyl (C=O) groups excluding carboxylic acids is 2. The van der Waals surface area contributed by atoms with Crippen LogP contribution in [0.4, 0.5) is 5.00 Å². The monoisotopic (exact) mass is 345 g/mol. The smallest absolute Gasteiger partial charge is 0.341 e. The molecular formula is C15H15N5O3S. The summed E-state index contributed by atoms with van der Waals surface area (Å²) in [7, 11) is 0. The van der Waals surface area contributed by atoms with Crippen molar-refractivity contribution in [1.29, 1.82) is 5.26 Å². The predicted molar refractivity (Wildman–Crippen MR) is 85.6 cm³/mol. The van der Waals surface area contributed by atoms with Crippen molar-refractivity contribution in [1.82, 2.24) is 14.8 Å². The highest BCUT2D eigenvalue weighted by molar-refractivity contribution is 7.15. The lowest BCUT2D eigenvalue weighted by molar-refractivity contribution is -0.116. The van der Waals surface area contributed by atoms with Crippen LogP contribution >= 0.6 is 11.3 Å². The van der Waals surface area contributed by atoms with Crippen LogP contribution in [0.3, 0.4) is 0 Å². The molecule has 9 heteroatoms. The Hall–Kier alpha value is -2.73. The Morgan fingerprint density at radius 2 is 2.33 bits per heavy atom. The van der Waals surface area contributed by atoms with Crippen molar-refractivity contribution in [2.75, 3.05) is 11.9 Å². The first-order valence-electron chi connectivity index (χ1n) is 7.50. The van der Waals surface area contributed by atoms with Crippen molar-refractivity contribution in [2.24, 2.45) is 0 Å². The van der Waals surface area contributed by atoms with Gasteiger partial charge in [-0.15, -0.1) is 21.5 Å². The fourth-order valence-electron chi connectivity index (χ4n) is 2.35. The third kappa shape index (κ3) is 3.28. The molecular weight excluding hydrogens is 330 g/mol. The van der Waals surface area contributed by atoms with Gasteiger partial charge in [0.05, 0.1) is 12.2 Å². The highest BCUT2D eigenvalue weighted by Gasteiger charge is 2.32. The van der Waals surface area contributed by atoms with E-state index >= 15 is 0 Å². The number of aromatic nitrogens is 3. The number of esters is 1. The molecule has 2 aromatic heterocycles. The predicted octanol–water partition coefficient (Wildman–Crippen LogP) is 1.90. The molecule has 0 aromatic carbocycles. The summed E-state index contributed by atoms with van der Waals surface area (Å²) in [5.41, 5.74) is 1.39. The molecule has 2 aromatic rings. The molecule has 0 aliphatic heterocycles. The van der Waals surface area contributed by atoms with E-state index in [1.165, 1.54) is 22.2 Å². The summed E-state index contributed by atoms with van der Waals surface area (Å²) in [6.45, 7) is 1.92. The summed E-state index contributed by atoms with van der Waals surface area (Å²) >= 11 is 1.31. The molecule has 8 nitrogen and oxygen atoms in total. The number of nitrogens with one attached hydrogen (secondary N) is 1. The van der Waals surface area contributed by atoms with Crippen LogP contribution in [0.5, 0.6) is 0 Å². The van der Waals surface area contributed by atoms with Gasteiger partial charge in [0, 0.05) is 0 Å². The van der Waals surface area contributed by atoms with Gasteiger partial charge in [0.2, 0.25) is 11.7 Å². The molecule has 0 atom stereocenters. The first kappa shape index (κ1) is 16.1. The van der Waals surface area contributed by atoms with Gasteiger partial charge in [0.25, 0.3) is 0 Å². The van der Waals surface area contributed by atoms with Gasteiger partial charge in [-0.3, -0.25) is 9.36 Å². The van der Waals surface area contributed by atoms with Crippen LogP contribution in [-0.2, 0) is 16.1 Å². The van der Waals surface area contributed by atoms with Gasteiger partial charge in [0.15, 0.2) is 0 Å². The molecule has 124 valence electrons. The lowest BCUT2D eigenvalue weighted by Gasteiger charge is -2.08. The van der Waals surface area contributed by atoms with Gasteiger partial charge in [0.1, 0.15) is 23.9 Å². The normalized spacial score (nSPS) is 13.3. The largest absolute Gasteiger partial charge is 0.462 e. The third-order valence-corrected chi connectivity index (χ3v) is 4.51. The molecule has 0 radical (unpaired) electrons. The van der Waals surface area contributed by atoms with Gasteiger partial charge in [-0.2, -0.15) is 5.26 Å². The lowest BCUT2D eigenvalue weighted by atomic mass is 10.1. The van der Waals surface area contributed by atoms with E-state index in [1.807, 2.05) is 11.4 Å². The molecule has 0 saturated heterocycles. The maximum absolute atomic E-state index is 12.2. The van der Waals surface area contributed by atoms with E-state index in [4.69, 9.17) is 10.00 Å². The fraction of sp³-hybridized carbons (Fsp3) is 0.400. The minimum Gasteiger partial charge on any atom is -0.462 e. The second kappa shape index (κ2) is 6.80. The topological polar surface area (TPSA) is 110 Å². The summed E-state index contributed by atoms with van der Waals surface area (Å²) in [5.74, 6) is -0.353. The Kier molecular flexibility index (Phi) is 4.57. The molecule has 0 bridgehead atoms. The fourth-order valence-corrected chi connectivity index (χ4v) is 3.40. The van der Waals surface area contributed by atoms with Gasteiger partial charge in [-0.05, 0) is 36.6 Å². The standard InChI is InChI=1S/C15H15N5O3S/c1-2-23-15(22)13-10(9-3-4-9)7-24-14(13)18-12(21)6-20-8-17-19-11(20)5-16/h7-9H,2-4,6H2,1H3,(H,18,21). The zero-order valence-electron chi connectivity index (χ0n) is 13.0. The van der Waals surface area contributed by atoms with Gasteiger partial charge in [-0.25, -0.2) is 4.79 Å². The summed E-state index contributed by atoms with van der Waals surface area (Å²) < 4.78 is 6.46. The molecule has 24 heavy (non-hydrogen) atoms. The van der Waals surface area contributed by atoms with Crippen LogP contribution in [-0.4, -0.2) is 33.2 Å². The average Bonchev–Trinajstić information content (AvgIpc) is 3.17. The molecule has 1 aliphatic carbocycles. The lowest BCUT2D eigenvalue weighted by Crippen LogP contribution is -2.20. The van der Waals surface area contributed by atoms with Gasteiger partial charge >= 0.3 is 5.97 Å². The highest BCUT2D eigenvalue weighted by atomic mass is 32.1. The quantitative estimate of drug-likeness (QED) is 0.801. The minimum atomic E-state index is -0.419. The third-order valence-electron chi connectivity index (χ3n) is 3.60. The van der Waals surface area contributed by atoms with Crippen LogP contribution in [0.1, 0.15) is 47.4 Å². The molecule has 1 N–H and O–H groups in total. The van der Waals surface area contributed by atoms with E-state index in [9.17, 15) is 9.59 Å². The SMILES string of the molecule is CCOC(=O)c1c(C2CC2)csc1NC(=O)Cn1cnnc1C#N. The Bertz CT molecular complexity index is 815. The summed E-state index contributed by atoms with van der Waals surface area (Å²) in [6.07, 6.45) is 3.40. The summed E-state index contributed by atoms with van der Waals surface area (Å²) in [4.78, 5) is 24.5. The number of amides is 1. The van der Waals surface area contributed by atoms with Crippen molar-refractivity contribution in [3.05, 3.63) is 28.7 Å². The molecule has 0 unspecified atom stereocenters. The number of hydrogen-bond donors (Lipinski definition) is 1. The molecule has 2 heterocycles. The molecule has 1 amide bonds. The zero-order chi connectivity index (χ0) is 17.1. The molecule has 3 rings (SSSR count). The maximum atomic E-state index is 12.2. The number of carbonyl (C=O) groups is 2. The second-order valence-electron chi connectivity index (χ2n) is 5.33. The van der Waals surface area contributed by atoms with Crippen molar-refractivity contribution >= 4 is 28.2 Å². The first-order valence-corrected chi connectivity index (χ1v) is 8.38.